The highest BCUT2D eigenvalue weighted by molar-refractivity contribution is 7.94. The second kappa shape index (κ2) is 9.13. The predicted molar refractivity (Wildman–Crippen MR) is 118 cm³/mol. The minimum Gasteiger partial charge on any atom is -0.484 e. The quantitative estimate of drug-likeness (QED) is 0.591. The number of anilines is 1. The van der Waals surface area contributed by atoms with Gasteiger partial charge in [0, 0.05) is 11.6 Å². The van der Waals surface area contributed by atoms with E-state index < -0.39 is 10.0 Å². The van der Waals surface area contributed by atoms with Gasteiger partial charge in [-0.05, 0) is 59.8 Å². The number of benzene rings is 2. The van der Waals surface area contributed by atoms with Crippen molar-refractivity contribution in [2.45, 2.75) is 31.1 Å². The monoisotopic (exact) mass is 439 g/mol. The van der Waals surface area contributed by atoms with Gasteiger partial charge in [-0.2, -0.15) is 0 Å². The van der Waals surface area contributed by atoms with Crippen molar-refractivity contribution in [3.8, 4) is 5.75 Å². The van der Waals surface area contributed by atoms with Gasteiger partial charge in [0.15, 0.2) is 6.61 Å². The molecule has 0 fully saturated rings. The van der Waals surface area contributed by atoms with Crippen molar-refractivity contribution in [3.63, 3.8) is 0 Å². The van der Waals surface area contributed by atoms with Crippen LogP contribution in [0, 0.1) is 0 Å². The first-order valence-corrected chi connectivity index (χ1v) is 11.0. The SMILES string of the molecule is CC(C)(C)c1ccc(OCC(=O)Nc2ccc(S(=O)(=O)[N-]c3ncccn3)cc2)cc1. The van der Waals surface area contributed by atoms with Crippen LogP contribution in [0.25, 0.3) is 4.72 Å². The van der Waals surface area contributed by atoms with E-state index in [-0.39, 0.29) is 28.8 Å². The van der Waals surface area contributed by atoms with Crippen LogP contribution in [0.5, 0.6) is 5.75 Å². The molecule has 0 bridgehead atoms. The molecule has 1 heterocycles. The molecule has 31 heavy (non-hydrogen) atoms. The zero-order chi connectivity index (χ0) is 22.5. The fourth-order valence-electron chi connectivity index (χ4n) is 2.61. The average molecular weight is 440 g/mol. The van der Waals surface area contributed by atoms with Crippen LogP contribution < -0.4 is 10.1 Å². The molecule has 2 aromatic carbocycles. The van der Waals surface area contributed by atoms with Crippen LogP contribution in [0.3, 0.4) is 0 Å². The normalized spacial score (nSPS) is 11.6. The lowest BCUT2D eigenvalue weighted by atomic mass is 9.87. The number of aromatic nitrogens is 2. The van der Waals surface area contributed by atoms with Gasteiger partial charge in [-0.25, -0.2) is 8.42 Å². The number of rotatable bonds is 7. The summed E-state index contributed by atoms with van der Waals surface area (Å²) >= 11 is 0. The van der Waals surface area contributed by atoms with Crippen molar-refractivity contribution in [2.75, 3.05) is 11.9 Å². The summed E-state index contributed by atoms with van der Waals surface area (Å²) in [6.07, 6.45) is 2.81. The Hall–Kier alpha value is -3.46. The molecule has 0 unspecified atom stereocenters. The number of ether oxygens (including phenoxy) is 1. The zero-order valence-corrected chi connectivity index (χ0v) is 18.3. The first-order chi connectivity index (χ1) is 14.6. The van der Waals surface area contributed by atoms with Crippen LogP contribution in [0.1, 0.15) is 26.3 Å². The summed E-state index contributed by atoms with van der Waals surface area (Å²) in [6.45, 7) is 6.19. The van der Waals surface area contributed by atoms with Gasteiger partial charge < -0.3 is 20.0 Å². The summed E-state index contributed by atoms with van der Waals surface area (Å²) in [7, 11) is -3.96. The Morgan fingerprint density at radius 2 is 1.61 bits per heavy atom. The highest BCUT2D eigenvalue weighted by Crippen LogP contribution is 2.25. The van der Waals surface area contributed by atoms with Crippen molar-refractivity contribution in [1.29, 1.82) is 0 Å². The summed E-state index contributed by atoms with van der Waals surface area (Å²) in [5.74, 6) is 0.0831. The molecule has 1 aromatic heterocycles. The van der Waals surface area contributed by atoms with E-state index in [0.29, 0.717) is 11.4 Å². The Bertz CT molecular complexity index is 1120. The number of hydrogen-bond donors (Lipinski definition) is 1. The maximum atomic E-state index is 12.3. The van der Waals surface area contributed by atoms with Gasteiger partial charge in [0.25, 0.3) is 5.91 Å². The third-order valence-electron chi connectivity index (χ3n) is 4.28. The van der Waals surface area contributed by atoms with E-state index in [9.17, 15) is 13.2 Å². The van der Waals surface area contributed by atoms with Gasteiger partial charge in [0.05, 0.1) is 4.90 Å². The maximum Gasteiger partial charge on any atom is 0.262 e. The molecule has 0 radical (unpaired) electrons. The second-order valence-electron chi connectivity index (χ2n) is 7.75. The third-order valence-corrected chi connectivity index (χ3v) is 5.55. The molecular weight excluding hydrogens is 416 g/mol. The molecular formula is C22H23N4O4S-. The Kier molecular flexibility index (Phi) is 6.55. The van der Waals surface area contributed by atoms with Gasteiger partial charge in [0.1, 0.15) is 5.75 Å². The molecule has 3 rings (SSSR count). The smallest absolute Gasteiger partial charge is 0.262 e. The molecule has 0 saturated carbocycles. The molecule has 9 heteroatoms. The summed E-state index contributed by atoms with van der Waals surface area (Å²) in [5.41, 5.74) is 1.65. The summed E-state index contributed by atoms with van der Waals surface area (Å²) in [6, 6.07) is 14.8. The van der Waals surface area contributed by atoms with Crippen molar-refractivity contribution in [1.82, 2.24) is 9.97 Å². The first-order valence-electron chi connectivity index (χ1n) is 9.52. The van der Waals surface area contributed by atoms with E-state index in [4.69, 9.17) is 4.74 Å². The Balaban J connectivity index is 1.55. The van der Waals surface area contributed by atoms with Crippen molar-refractivity contribution in [3.05, 3.63) is 77.3 Å². The molecule has 0 atom stereocenters. The van der Waals surface area contributed by atoms with Gasteiger partial charge in [0.2, 0.25) is 10.0 Å². The lowest BCUT2D eigenvalue weighted by Crippen LogP contribution is -2.20. The number of sulfonamides is 1. The number of carbonyl (C=O) groups excluding carboxylic acids is 1. The molecule has 8 nitrogen and oxygen atoms in total. The van der Waals surface area contributed by atoms with E-state index in [1.165, 1.54) is 42.2 Å². The van der Waals surface area contributed by atoms with Crippen LogP contribution in [-0.4, -0.2) is 30.9 Å². The van der Waals surface area contributed by atoms with E-state index in [1.54, 1.807) is 6.07 Å². The minimum atomic E-state index is -3.96. The minimum absolute atomic E-state index is 0.0341. The molecule has 0 saturated heterocycles. The van der Waals surface area contributed by atoms with Crippen molar-refractivity contribution < 1.29 is 17.9 Å². The van der Waals surface area contributed by atoms with Crippen LogP contribution >= 0.6 is 0 Å². The highest BCUT2D eigenvalue weighted by atomic mass is 32.2. The number of carbonyl (C=O) groups is 1. The molecule has 0 spiro atoms. The molecule has 162 valence electrons. The predicted octanol–water partition coefficient (Wildman–Crippen LogP) is 4.19. The lowest BCUT2D eigenvalue weighted by Gasteiger charge is -2.19. The zero-order valence-electron chi connectivity index (χ0n) is 17.4. The van der Waals surface area contributed by atoms with Crippen molar-refractivity contribution in [2.24, 2.45) is 0 Å². The maximum absolute atomic E-state index is 12.3. The second-order valence-corrected chi connectivity index (χ2v) is 9.35. The van der Waals surface area contributed by atoms with E-state index >= 15 is 0 Å². The first kappa shape index (κ1) is 22.2. The summed E-state index contributed by atoms with van der Waals surface area (Å²) < 4.78 is 33.7. The van der Waals surface area contributed by atoms with Crippen LogP contribution in [-0.2, 0) is 20.2 Å². The fraction of sp³-hybridized carbons (Fsp3) is 0.227. The topological polar surface area (TPSA) is 112 Å². The van der Waals surface area contributed by atoms with Crippen LogP contribution in [0.2, 0.25) is 0 Å². The van der Waals surface area contributed by atoms with Gasteiger partial charge in [-0.1, -0.05) is 39.0 Å². The number of hydrogen-bond acceptors (Lipinski definition) is 6. The van der Waals surface area contributed by atoms with E-state index in [1.807, 2.05) is 24.3 Å². The Labute approximate surface area is 181 Å². The lowest BCUT2D eigenvalue weighted by molar-refractivity contribution is -0.118. The fourth-order valence-corrected chi connectivity index (χ4v) is 3.50. The third kappa shape index (κ3) is 6.26. The average Bonchev–Trinajstić information content (AvgIpc) is 2.73. The Morgan fingerprint density at radius 1 is 1.00 bits per heavy atom. The van der Waals surface area contributed by atoms with Crippen molar-refractivity contribution >= 4 is 27.6 Å². The van der Waals surface area contributed by atoms with Gasteiger partial charge >= 0.3 is 0 Å². The summed E-state index contributed by atoms with van der Waals surface area (Å²) in [5, 5.41) is 2.66. The molecule has 1 N–H and O–H groups in total. The molecule has 0 aliphatic carbocycles. The molecule has 0 aliphatic rings. The highest BCUT2D eigenvalue weighted by Gasteiger charge is 2.14. The molecule has 3 aromatic rings. The van der Waals surface area contributed by atoms with Gasteiger partial charge in [-0.3, -0.25) is 9.52 Å². The molecule has 0 aliphatic heterocycles. The number of amides is 1. The number of nitrogens with one attached hydrogen (secondary N) is 1. The standard InChI is InChI=1S/C22H24N4O4S/c1-22(2,3)16-5-9-18(10-6-16)30-15-20(27)25-17-7-11-19(12-8-17)31(28,29)26-21-23-13-4-14-24-21/h4-14H,15H2,1-3H3,(H2,23,24,25,26,27)/p-1. The van der Waals surface area contributed by atoms with E-state index in [2.05, 4.69) is 40.8 Å². The Morgan fingerprint density at radius 3 is 2.19 bits per heavy atom. The number of nitrogens with zero attached hydrogens (tertiary/aromatic N) is 3. The van der Waals surface area contributed by atoms with Crippen LogP contribution in [0.4, 0.5) is 11.6 Å². The van der Waals surface area contributed by atoms with Crippen LogP contribution in [0.15, 0.2) is 71.9 Å². The van der Waals surface area contributed by atoms with Gasteiger partial charge in [-0.15, -0.1) is 0 Å². The summed E-state index contributed by atoms with van der Waals surface area (Å²) in [4.78, 5) is 19.7. The van der Waals surface area contributed by atoms with E-state index in [0.717, 1.165) is 0 Å². The molecule has 1 amide bonds. The largest absolute Gasteiger partial charge is 0.484 e.